The zero-order chi connectivity index (χ0) is 28.8. The van der Waals surface area contributed by atoms with Gasteiger partial charge in [-0.05, 0) is 67.6 Å². The number of pyridine rings is 1. The van der Waals surface area contributed by atoms with E-state index in [1.54, 1.807) is 60.7 Å². The van der Waals surface area contributed by atoms with Gasteiger partial charge in [-0.3, -0.25) is 14.4 Å². The third kappa shape index (κ3) is 5.96. The van der Waals surface area contributed by atoms with Crippen molar-refractivity contribution in [1.82, 2.24) is 10.3 Å². The quantitative estimate of drug-likeness (QED) is 0.280. The van der Waals surface area contributed by atoms with Crippen LogP contribution in [0, 0.1) is 0 Å². The van der Waals surface area contributed by atoms with Crippen LogP contribution in [0.25, 0.3) is 22.2 Å². The summed E-state index contributed by atoms with van der Waals surface area (Å²) in [6, 6.07) is 16.8. The predicted octanol–water partition coefficient (Wildman–Crippen LogP) is 4.51. The molecule has 10 heteroatoms. The van der Waals surface area contributed by atoms with Crippen molar-refractivity contribution in [2.75, 3.05) is 40.3 Å². The van der Waals surface area contributed by atoms with Gasteiger partial charge in [0.05, 0.1) is 51.8 Å². The lowest BCUT2D eigenvalue weighted by Crippen LogP contribution is -2.33. The summed E-state index contributed by atoms with van der Waals surface area (Å²) in [6.45, 7) is 1.19. The molecule has 10 nitrogen and oxygen atoms in total. The van der Waals surface area contributed by atoms with Crippen LogP contribution in [-0.2, 0) is 4.79 Å². The molecule has 2 amide bonds. The van der Waals surface area contributed by atoms with Crippen molar-refractivity contribution in [2.24, 2.45) is 0 Å². The summed E-state index contributed by atoms with van der Waals surface area (Å²) >= 11 is 0. The van der Waals surface area contributed by atoms with E-state index in [9.17, 15) is 14.4 Å². The minimum Gasteiger partial charge on any atom is -0.497 e. The van der Waals surface area contributed by atoms with E-state index in [2.05, 4.69) is 10.6 Å². The molecule has 0 saturated heterocycles. The largest absolute Gasteiger partial charge is 0.497 e. The van der Waals surface area contributed by atoms with Crippen LogP contribution >= 0.6 is 0 Å². The summed E-state index contributed by atoms with van der Waals surface area (Å²) in [6.07, 6.45) is 0. The van der Waals surface area contributed by atoms with Gasteiger partial charge in [-0.1, -0.05) is 0 Å². The molecule has 0 saturated carbocycles. The van der Waals surface area contributed by atoms with E-state index in [0.717, 1.165) is 0 Å². The van der Waals surface area contributed by atoms with Gasteiger partial charge in [0.25, 0.3) is 5.91 Å². The molecule has 0 fully saturated rings. The van der Waals surface area contributed by atoms with Crippen molar-refractivity contribution in [3.8, 4) is 34.3 Å². The first kappa shape index (κ1) is 27.9. The fraction of sp³-hybridized carbons (Fsp3) is 0.200. The lowest BCUT2D eigenvalue weighted by atomic mass is 10.0. The first-order valence-electron chi connectivity index (χ1n) is 12.3. The Kier molecular flexibility index (Phi) is 8.48. The number of ketones is 1. The van der Waals surface area contributed by atoms with Crippen LogP contribution in [0.4, 0.5) is 5.69 Å². The van der Waals surface area contributed by atoms with Gasteiger partial charge >= 0.3 is 0 Å². The summed E-state index contributed by atoms with van der Waals surface area (Å²) < 4.78 is 21.7. The van der Waals surface area contributed by atoms with Crippen LogP contribution in [-0.4, -0.2) is 57.6 Å². The number of Topliss-reactive ketones (excluding diaryl/α,β-unsaturated/α-hetero) is 1. The highest BCUT2D eigenvalue weighted by atomic mass is 16.5. The Morgan fingerprint density at radius 1 is 0.800 bits per heavy atom. The number of hydrogen-bond donors (Lipinski definition) is 2. The number of benzene rings is 3. The van der Waals surface area contributed by atoms with Gasteiger partial charge in [-0.25, -0.2) is 4.98 Å². The van der Waals surface area contributed by atoms with E-state index < -0.39 is 11.8 Å². The van der Waals surface area contributed by atoms with Crippen LogP contribution < -0.4 is 29.6 Å². The molecule has 4 aromatic rings. The van der Waals surface area contributed by atoms with E-state index in [1.165, 1.54) is 35.4 Å². The zero-order valence-electron chi connectivity index (χ0n) is 22.8. The number of anilines is 1. The number of carbonyl (C=O) groups excluding carboxylic acids is 3. The highest BCUT2D eigenvalue weighted by Crippen LogP contribution is 2.41. The maximum absolute atomic E-state index is 13.4. The summed E-state index contributed by atoms with van der Waals surface area (Å²) in [5, 5.41) is 5.93. The number of nitrogens with zero attached hydrogens (tertiary/aromatic N) is 1. The van der Waals surface area contributed by atoms with Crippen molar-refractivity contribution in [1.29, 1.82) is 0 Å². The molecule has 0 unspecified atom stereocenters. The SMILES string of the molecule is COc1ccc2nc(-c3cc(OC)c(OC)c(OC)c3)cc(C(=O)NCC(=O)Nc3ccc(C(C)=O)cc3)c2c1. The Hall–Kier alpha value is -5.12. The molecule has 3 aromatic carbocycles. The van der Waals surface area contributed by atoms with E-state index in [4.69, 9.17) is 23.9 Å². The normalized spacial score (nSPS) is 10.5. The Morgan fingerprint density at radius 3 is 2.05 bits per heavy atom. The third-order valence-electron chi connectivity index (χ3n) is 6.21. The van der Waals surface area contributed by atoms with Gasteiger partial charge in [-0.15, -0.1) is 0 Å². The molecule has 0 radical (unpaired) electrons. The lowest BCUT2D eigenvalue weighted by molar-refractivity contribution is -0.115. The average Bonchev–Trinajstić information content (AvgIpc) is 2.98. The van der Waals surface area contributed by atoms with E-state index >= 15 is 0 Å². The number of rotatable bonds is 10. The molecule has 0 spiro atoms. The monoisotopic (exact) mass is 543 g/mol. The molecule has 1 aromatic heterocycles. The second kappa shape index (κ2) is 12.2. The molecular formula is C30H29N3O7. The molecule has 2 N–H and O–H groups in total. The van der Waals surface area contributed by atoms with Gasteiger partial charge in [0.2, 0.25) is 11.7 Å². The molecule has 4 rings (SSSR count). The van der Waals surface area contributed by atoms with Crippen LogP contribution in [0.2, 0.25) is 0 Å². The van der Waals surface area contributed by atoms with Crippen molar-refractivity contribution in [3.05, 3.63) is 71.8 Å². The number of amides is 2. The van der Waals surface area contributed by atoms with Crippen molar-refractivity contribution in [3.63, 3.8) is 0 Å². The molecule has 206 valence electrons. The smallest absolute Gasteiger partial charge is 0.252 e. The Balaban J connectivity index is 1.65. The molecule has 0 atom stereocenters. The highest BCUT2D eigenvalue weighted by Gasteiger charge is 2.19. The molecular weight excluding hydrogens is 514 g/mol. The summed E-state index contributed by atoms with van der Waals surface area (Å²) in [5.41, 5.74) is 3.01. The van der Waals surface area contributed by atoms with E-state index in [1.807, 2.05) is 0 Å². The standard InChI is InChI=1S/C30H29N3O7/c1-17(34)18-6-8-20(9-7-18)32-28(35)16-31-30(36)23-15-25(33-24-11-10-21(37-2)14-22(23)24)19-12-26(38-3)29(40-5)27(13-19)39-4/h6-15H,16H2,1-5H3,(H,31,36)(H,32,35). The minimum absolute atomic E-state index is 0.0720. The number of methoxy groups -OCH3 is 4. The highest BCUT2D eigenvalue weighted by molar-refractivity contribution is 6.09. The minimum atomic E-state index is -0.476. The van der Waals surface area contributed by atoms with Crippen LogP contribution in [0.3, 0.4) is 0 Å². The second-order valence-corrected chi connectivity index (χ2v) is 8.72. The van der Waals surface area contributed by atoms with Crippen LogP contribution in [0.5, 0.6) is 23.0 Å². The number of aromatic nitrogens is 1. The Morgan fingerprint density at radius 2 is 1.48 bits per heavy atom. The maximum atomic E-state index is 13.4. The summed E-state index contributed by atoms with van der Waals surface area (Å²) in [4.78, 5) is 42.2. The van der Waals surface area contributed by atoms with E-state index in [-0.39, 0.29) is 12.3 Å². The zero-order valence-corrected chi connectivity index (χ0v) is 22.8. The van der Waals surface area contributed by atoms with Crippen LogP contribution in [0.1, 0.15) is 27.6 Å². The molecule has 0 bridgehead atoms. The predicted molar refractivity (Wildman–Crippen MR) is 151 cm³/mol. The van der Waals surface area contributed by atoms with Gasteiger partial charge in [-0.2, -0.15) is 0 Å². The van der Waals surface area contributed by atoms with Gasteiger partial charge in [0, 0.05) is 22.2 Å². The molecule has 0 aliphatic heterocycles. The third-order valence-corrected chi connectivity index (χ3v) is 6.21. The first-order valence-corrected chi connectivity index (χ1v) is 12.3. The Bertz CT molecular complexity index is 1560. The molecule has 0 aliphatic rings. The van der Waals surface area contributed by atoms with Gasteiger partial charge < -0.3 is 29.6 Å². The number of ether oxygens (including phenoxy) is 4. The van der Waals surface area contributed by atoms with E-state index in [0.29, 0.717) is 62.0 Å². The molecule has 0 aliphatic carbocycles. The van der Waals surface area contributed by atoms with Gasteiger partial charge in [0.15, 0.2) is 17.3 Å². The Labute approximate surface area is 231 Å². The lowest BCUT2D eigenvalue weighted by Gasteiger charge is -2.15. The first-order chi connectivity index (χ1) is 19.3. The average molecular weight is 544 g/mol. The fourth-order valence-corrected chi connectivity index (χ4v) is 4.15. The van der Waals surface area contributed by atoms with Crippen molar-refractivity contribution in [2.45, 2.75) is 6.92 Å². The number of nitrogens with one attached hydrogen (secondary N) is 2. The van der Waals surface area contributed by atoms with Gasteiger partial charge in [0.1, 0.15) is 5.75 Å². The fourth-order valence-electron chi connectivity index (χ4n) is 4.15. The number of carbonyl (C=O) groups is 3. The molecule has 40 heavy (non-hydrogen) atoms. The summed E-state index contributed by atoms with van der Waals surface area (Å²) in [5.74, 6) is 0.883. The second-order valence-electron chi connectivity index (χ2n) is 8.72. The van der Waals surface area contributed by atoms with Crippen LogP contribution in [0.15, 0.2) is 60.7 Å². The number of hydrogen-bond acceptors (Lipinski definition) is 8. The topological polar surface area (TPSA) is 125 Å². The van der Waals surface area contributed by atoms with Crippen molar-refractivity contribution >= 4 is 34.2 Å². The molecule has 1 heterocycles. The number of fused-ring (bicyclic) bond motifs is 1. The summed E-state index contributed by atoms with van der Waals surface area (Å²) in [7, 11) is 6.08. The van der Waals surface area contributed by atoms with Crippen molar-refractivity contribution < 1.29 is 33.3 Å². The maximum Gasteiger partial charge on any atom is 0.252 e.